The van der Waals surface area contributed by atoms with Gasteiger partial charge in [0.2, 0.25) is 0 Å². The van der Waals surface area contributed by atoms with Crippen LogP contribution in [0.4, 0.5) is 4.39 Å². The van der Waals surface area contributed by atoms with Crippen LogP contribution in [0.15, 0.2) is 42.5 Å². The molecule has 0 aliphatic carbocycles. The second-order valence-electron chi connectivity index (χ2n) is 3.62. The van der Waals surface area contributed by atoms with Crippen molar-refractivity contribution >= 4 is 0 Å². The third-order valence-corrected chi connectivity index (χ3v) is 2.42. The molecule has 4 heteroatoms. The van der Waals surface area contributed by atoms with Gasteiger partial charge in [-0.1, -0.05) is 18.2 Å². The molecule has 2 aromatic rings. The Balaban J connectivity index is 2.37. The highest BCUT2D eigenvalue weighted by molar-refractivity contribution is 5.46. The third-order valence-electron chi connectivity index (χ3n) is 2.42. The van der Waals surface area contributed by atoms with Crippen LogP contribution >= 0.6 is 0 Å². The van der Waals surface area contributed by atoms with Gasteiger partial charge in [-0.05, 0) is 24.3 Å². The molecule has 0 aromatic heterocycles. The van der Waals surface area contributed by atoms with Gasteiger partial charge in [0.15, 0.2) is 0 Å². The summed E-state index contributed by atoms with van der Waals surface area (Å²) in [5.74, 6) is 0.220. The Labute approximate surface area is 104 Å². The average Bonchev–Trinajstić information content (AvgIpc) is 2.41. The number of ether oxygens (including phenoxy) is 1. The van der Waals surface area contributed by atoms with E-state index < -0.39 is 5.82 Å². The predicted octanol–water partition coefficient (Wildman–Crippen LogP) is 2.98. The SMILES string of the molecule is N#Cc1cc(F)ccc1Oc1ccccc1CO. The lowest BCUT2D eigenvalue weighted by molar-refractivity contribution is 0.276. The second-order valence-corrected chi connectivity index (χ2v) is 3.62. The minimum absolute atomic E-state index is 0.114. The summed E-state index contributed by atoms with van der Waals surface area (Å²) in [6.07, 6.45) is 0. The van der Waals surface area contributed by atoms with Gasteiger partial charge in [0.25, 0.3) is 0 Å². The van der Waals surface area contributed by atoms with Crippen molar-refractivity contribution < 1.29 is 14.2 Å². The molecule has 0 aliphatic rings. The van der Waals surface area contributed by atoms with Gasteiger partial charge in [0, 0.05) is 5.56 Å². The Morgan fingerprint density at radius 3 is 2.67 bits per heavy atom. The number of rotatable bonds is 3. The molecule has 0 spiro atoms. The van der Waals surface area contributed by atoms with Crippen molar-refractivity contribution in [1.82, 2.24) is 0 Å². The Hall–Kier alpha value is -2.38. The second kappa shape index (κ2) is 5.30. The van der Waals surface area contributed by atoms with E-state index in [-0.39, 0.29) is 17.9 Å². The molecule has 0 aliphatic heterocycles. The van der Waals surface area contributed by atoms with Crippen LogP contribution in [0.3, 0.4) is 0 Å². The van der Waals surface area contributed by atoms with Crippen LogP contribution in [0.2, 0.25) is 0 Å². The molecule has 0 radical (unpaired) electrons. The zero-order valence-corrected chi connectivity index (χ0v) is 9.43. The van der Waals surface area contributed by atoms with Crippen LogP contribution in [0, 0.1) is 17.1 Å². The minimum Gasteiger partial charge on any atom is -0.456 e. The van der Waals surface area contributed by atoms with Gasteiger partial charge >= 0.3 is 0 Å². The van der Waals surface area contributed by atoms with Crippen LogP contribution in [-0.2, 0) is 6.61 Å². The van der Waals surface area contributed by atoms with Gasteiger partial charge in [-0.15, -0.1) is 0 Å². The predicted molar refractivity (Wildman–Crippen MR) is 63.6 cm³/mol. The van der Waals surface area contributed by atoms with E-state index in [0.717, 1.165) is 6.07 Å². The molecule has 2 aromatic carbocycles. The van der Waals surface area contributed by atoms with Crippen LogP contribution < -0.4 is 4.74 Å². The van der Waals surface area contributed by atoms with E-state index in [0.29, 0.717) is 11.3 Å². The van der Waals surface area contributed by atoms with Gasteiger partial charge in [-0.25, -0.2) is 4.39 Å². The van der Waals surface area contributed by atoms with E-state index in [9.17, 15) is 4.39 Å². The van der Waals surface area contributed by atoms with Crippen molar-refractivity contribution in [3.05, 3.63) is 59.4 Å². The molecule has 90 valence electrons. The monoisotopic (exact) mass is 243 g/mol. The summed E-state index contributed by atoms with van der Waals surface area (Å²) >= 11 is 0. The summed E-state index contributed by atoms with van der Waals surface area (Å²) in [7, 11) is 0. The lowest BCUT2D eigenvalue weighted by Crippen LogP contribution is -1.93. The Kier molecular flexibility index (Phi) is 3.56. The molecule has 1 N–H and O–H groups in total. The molecular formula is C14H10FNO2. The number of nitriles is 1. The Bertz CT molecular complexity index is 605. The van der Waals surface area contributed by atoms with Crippen molar-refractivity contribution in [3.8, 4) is 17.6 Å². The maximum atomic E-state index is 13.0. The first-order chi connectivity index (χ1) is 8.74. The van der Waals surface area contributed by atoms with Gasteiger partial charge in [0.1, 0.15) is 23.4 Å². The first-order valence-corrected chi connectivity index (χ1v) is 5.31. The molecule has 0 unspecified atom stereocenters. The number of aliphatic hydroxyl groups is 1. The third kappa shape index (κ3) is 2.47. The van der Waals surface area contributed by atoms with Gasteiger partial charge in [-0.2, -0.15) is 5.26 Å². The maximum absolute atomic E-state index is 13.0. The normalized spacial score (nSPS) is 9.83. The van der Waals surface area contributed by atoms with Crippen molar-refractivity contribution in [2.24, 2.45) is 0 Å². The number of hydrogen-bond donors (Lipinski definition) is 1. The fraction of sp³-hybridized carbons (Fsp3) is 0.0714. The van der Waals surface area contributed by atoms with Crippen LogP contribution in [0.25, 0.3) is 0 Å². The fourth-order valence-corrected chi connectivity index (χ4v) is 1.53. The van der Waals surface area contributed by atoms with Crippen LogP contribution in [0.5, 0.6) is 11.5 Å². The minimum atomic E-state index is -0.491. The average molecular weight is 243 g/mol. The van der Waals surface area contributed by atoms with Crippen LogP contribution in [-0.4, -0.2) is 5.11 Å². The number of hydrogen-bond acceptors (Lipinski definition) is 3. The molecule has 0 heterocycles. The van der Waals surface area contributed by atoms with Gasteiger partial charge in [-0.3, -0.25) is 0 Å². The molecule has 2 rings (SSSR count). The molecule has 0 atom stereocenters. The molecular weight excluding hydrogens is 233 g/mol. The van der Waals surface area contributed by atoms with E-state index in [2.05, 4.69) is 0 Å². The van der Waals surface area contributed by atoms with E-state index in [1.807, 2.05) is 6.07 Å². The molecule has 0 bridgehead atoms. The maximum Gasteiger partial charge on any atom is 0.145 e. The summed E-state index contributed by atoms with van der Waals surface area (Å²) in [5.41, 5.74) is 0.716. The first-order valence-electron chi connectivity index (χ1n) is 5.31. The van der Waals surface area contributed by atoms with Gasteiger partial charge in [0.05, 0.1) is 12.2 Å². The summed E-state index contributed by atoms with van der Waals surface area (Å²) in [4.78, 5) is 0. The first kappa shape index (κ1) is 12.1. The topological polar surface area (TPSA) is 53.2 Å². The summed E-state index contributed by atoms with van der Waals surface area (Å²) in [6, 6.07) is 12.5. The quantitative estimate of drug-likeness (QED) is 0.901. The fourth-order valence-electron chi connectivity index (χ4n) is 1.53. The number of benzene rings is 2. The van der Waals surface area contributed by atoms with Crippen molar-refractivity contribution in [3.63, 3.8) is 0 Å². The van der Waals surface area contributed by atoms with E-state index in [1.54, 1.807) is 24.3 Å². The summed E-state index contributed by atoms with van der Waals surface area (Å²) in [6.45, 7) is -0.167. The highest BCUT2D eigenvalue weighted by Crippen LogP contribution is 2.28. The summed E-state index contributed by atoms with van der Waals surface area (Å²) < 4.78 is 18.5. The number of para-hydroxylation sites is 1. The van der Waals surface area contributed by atoms with Crippen LogP contribution in [0.1, 0.15) is 11.1 Å². The number of halogens is 1. The number of aliphatic hydroxyl groups excluding tert-OH is 1. The van der Waals surface area contributed by atoms with Gasteiger partial charge < -0.3 is 9.84 Å². The highest BCUT2D eigenvalue weighted by Gasteiger charge is 2.08. The highest BCUT2D eigenvalue weighted by atomic mass is 19.1. The molecule has 0 fully saturated rings. The Morgan fingerprint density at radius 1 is 1.17 bits per heavy atom. The van der Waals surface area contributed by atoms with Crippen molar-refractivity contribution in [1.29, 1.82) is 5.26 Å². The molecule has 18 heavy (non-hydrogen) atoms. The van der Waals surface area contributed by atoms with E-state index in [4.69, 9.17) is 15.1 Å². The largest absolute Gasteiger partial charge is 0.456 e. The van der Waals surface area contributed by atoms with E-state index >= 15 is 0 Å². The summed E-state index contributed by atoms with van der Waals surface area (Å²) in [5, 5.41) is 18.1. The lowest BCUT2D eigenvalue weighted by atomic mass is 10.2. The molecule has 0 saturated carbocycles. The molecule has 0 amide bonds. The van der Waals surface area contributed by atoms with Crippen molar-refractivity contribution in [2.75, 3.05) is 0 Å². The van der Waals surface area contributed by atoms with E-state index in [1.165, 1.54) is 12.1 Å². The number of nitrogens with zero attached hydrogens (tertiary/aromatic N) is 1. The lowest BCUT2D eigenvalue weighted by Gasteiger charge is -2.10. The molecule has 3 nitrogen and oxygen atoms in total. The zero-order valence-electron chi connectivity index (χ0n) is 9.43. The standard InChI is InChI=1S/C14H10FNO2/c15-12-5-6-14(11(7-12)8-16)18-13-4-2-1-3-10(13)9-17/h1-7,17H,9H2. The zero-order chi connectivity index (χ0) is 13.0. The smallest absolute Gasteiger partial charge is 0.145 e. The molecule has 0 saturated heterocycles. The Morgan fingerprint density at radius 2 is 1.94 bits per heavy atom. The van der Waals surface area contributed by atoms with Crippen molar-refractivity contribution in [2.45, 2.75) is 6.61 Å².